The van der Waals surface area contributed by atoms with E-state index < -0.39 is 24.7 Å². The molecule has 2 heterocycles. The molecule has 2 fully saturated rings. The Morgan fingerprint density at radius 2 is 1.89 bits per heavy atom. The first-order valence-corrected chi connectivity index (χ1v) is 8.79. The van der Waals surface area contributed by atoms with E-state index in [0.29, 0.717) is 6.54 Å². The number of hydrogen-bond acceptors (Lipinski definition) is 4. The maximum Gasteiger partial charge on any atom is 0.401 e. The van der Waals surface area contributed by atoms with E-state index in [0.717, 1.165) is 16.2 Å². The highest BCUT2D eigenvalue weighted by Gasteiger charge is 2.40. The number of amides is 2. The van der Waals surface area contributed by atoms with Gasteiger partial charge < -0.3 is 14.5 Å². The quantitative estimate of drug-likeness (QED) is 0.790. The second-order valence-electron chi connectivity index (χ2n) is 6.82. The molecular weight excluding hydrogens is 363 g/mol. The zero-order valence-electron chi connectivity index (χ0n) is 15.0. The number of carbonyl (C=O) groups excluding carboxylic acids is 2. The first-order valence-electron chi connectivity index (χ1n) is 8.79. The van der Waals surface area contributed by atoms with Crippen molar-refractivity contribution < 1.29 is 27.5 Å². The van der Waals surface area contributed by atoms with Crippen LogP contribution in [0.4, 0.5) is 18.9 Å². The topological polar surface area (TPSA) is 53.1 Å². The minimum atomic E-state index is -4.39. The van der Waals surface area contributed by atoms with Crippen LogP contribution < -0.4 is 4.90 Å². The molecule has 6 nitrogen and oxygen atoms in total. The lowest BCUT2D eigenvalue weighted by Crippen LogP contribution is -2.60. The van der Waals surface area contributed by atoms with Crippen molar-refractivity contribution in [1.82, 2.24) is 9.80 Å². The molecule has 0 aromatic heterocycles. The molecule has 1 unspecified atom stereocenters. The van der Waals surface area contributed by atoms with Crippen LogP contribution in [-0.2, 0) is 14.3 Å². The van der Waals surface area contributed by atoms with Crippen LogP contribution in [0.5, 0.6) is 0 Å². The van der Waals surface area contributed by atoms with Gasteiger partial charge in [0.1, 0.15) is 12.6 Å². The molecule has 1 atom stereocenters. The van der Waals surface area contributed by atoms with Crippen LogP contribution in [-0.4, -0.2) is 79.8 Å². The number of rotatable bonds is 3. The molecule has 148 valence electrons. The molecule has 2 aliphatic heterocycles. The summed E-state index contributed by atoms with van der Waals surface area (Å²) in [7, 11) is 0. The summed E-state index contributed by atoms with van der Waals surface area (Å²) < 4.78 is 43.6. The maximum absolute atomic E-state index is 12.8. The van der Waals surface area contributed by atoms with Crippen molar-refractivity contribution in [2.24, 2.45) is 0 Å². The lowest BCUT2D eigenvalue weighted by molar-refractivity contribution is -0.171. The largest absolute Gasteiger partial charge is 0.401 e. The molecule has 0 N–H and O–H groups in total. The van der Waals surface area contributed by atoms with Crippen LogP contribution in [0.15, 0.2) is 24.3 Å². The van der Waals surface area contributed by atoms with Crippen LogP contribution >= 0.6 is 0 Å². The first-order chi connectivity index (χ1) is 12.7. The van der Waals surface area contributed by atoms with Gasteiger partial charge in [-0.05, 0) is 19.1 Å². The summed E-state index contributed by atoms with van der Waals surface area (Å²) >= 11 is 0. The Hall–Kier alpha value is -2.13. The van der Waals surface area contributed by atoms with Crippen molar-refractivity contribution in [3.05, 3.63) is 29.8 Å². The summed E-state index contributed by atoms with van der Waals surface area (Å²) in [5, 5.41) is 0. The van der Waals surface area contributed by atoms with Crippen molar-refractivity contribution in [1.29, 1.82) is 0 Å². The Balaban J connectivity index is 1.65. The number of hydrogen-bond donors (Lipinski definition) is 0. The third kappa shape index (κ3) is 4.78. The second kappa shape index (κ2) is 7.85. The Morgan fingerprint density at radius 3 is 2.52 bits per heavy atom. The minimum absolute atomic E-state index is 0.0349. The molecule has 9 heteroatoms. The fraction of sp³-hybridized carbons (Fsp3) is 0.556. The second-order valence-corrected chi connectivity index (χ2v) is 6.82. The van der Waals surface area contributed by atoms with Crippen LogP contribution in [0.25, 0.3) is 0 Å². The molecule has 3 rings (SSSR count). The molecule has 2 saturated heterocycles. The molecule has 0 spiro atoms. The van der Waals surface area contributed by atoms with Gasteiger partial charge in [-0.3, -0.25) is 14.5 Å². The molecular formula is C18H22F3N3O3. The fourth-order valence-electron chi connectivity index (χ4n) is 3.35. The highest BCUT2D eigenvalue weighted by atomic mass is 19.4. The van der Waals surface area contributed by atoms with Gasteiger partial charge in [0.25, 0.3) is 0 Å². The zero-order valence-corrected chi connectivity index (χ0v) is 15.0. The molecule has 2 amide bonds. The highest BCUT2D eigenvalue weighted by Crippen LogP contribution is 2.22. The molecule has 2 aliphatic rings. The third-order valence-electron chi connectivity index (χ3n) is 4.78. The Labute approximate surface area is 155 Å². The zero-order chi connectivity index (χ0) is 19.6. The predicted molar refractivity (Wildman–Crippen MR) is 92.3 cm³/mol. The monoisotopic (exact) mass is 385 g/mol. The summed E-state index contributed by atoms with van der Waals surface area (Å²) in [6.45, 7) is 1.30. The average Bonchev–Trinajstić information content (AvgIpc) is 2.61. The SMILES string of the molecule is Cc1ccc(N2CCN(C(=O)C3COCCN3CC(F)(F)F)CC2=O)cc1. The van der Waals surface area contributed by atoms with E-state index in [4.69, 9.17) is 4.74 Å². The molecule has 0 radical (unpaired) electrons. The van der Waals surface area contributed by atoms with Crippen LogP contribution in [0.2, 0.25) is 0 Å². The normalized spacial score (nSPS) is 22.2. The number of ether oxygens (including phenoxy) is 1. The van der Waals surface area contributed by atoms with E-state index in [-0.39, 0.29) is 38.8 Å². The molecule has 1 aromatic rings. The lowest BCUT2D eigenvalue weighted by atomic mass is 10.1. The van der Waals surface area contributed by atoms with E-state index in [1.54, 1.807) is 4.90 Å². The van der Waals surface area contributed by atoms with Crippen molar-refractivity contribution in [3.63, 3.8) is 0 Å². The Bertz CT molecular complexity index is 693. The van der Waals surface area contributed by atoms with Crippen LogP contribution in [0.1, 0.15) is 5.56 Å². The van der Waals surface area contributed by atoms with E-state index in [1.807, 2.05) is 31.2 Å². The van der Waals surface area contributed by atoms with E-state index in [1.165, 1.54) is 4.90 Å². The average molecular weight is 385 g/mol. The van der Waals surface area contributed by atoms with Gasteiger partial charge in [-0.2, -0.15) is 13.2 Å². The first kappa shape index (κ1) is 19.6. The number of nitrogens with zero attached hydrogens (tertiary/aromatic N) is 3. The van der Waals surface area contributed by atoms with Gasteiger partial charge in [-0.25, -0.2) is 0 Å². The van der Waals surface area contributed by atoms with Gasteiger partial charge in [0, 0.05) is 25.3 Å². The highest BCUT2D eigenvalue weighted by molar-refractivity contribution is 5.98. The van der Waals surface area contributed by atoms with E-state index >= 15 is 0 Å². The number of aryl methyl sites for hydroxylation is 1. The maximum atomic E-state index is 12.8. The predicted octanol–water partition coefficient (Wildman–Crippen LogP) is 1.43. The third-order valence-corrected chi connectivity index (χ3v) is 4.78. The Morgan fingerprint density at radius 1 is 1.19 bits per heavy atom. The molecule has 27 heavy (non-hydrogen) atoms. The molecule has 0 saturated carbocycles. The van der Waals surface area contributed by atoms with Gasteiger partial charge in [0.15, 0.2) is 0 Å². The van der Waals surface area contributed by atoms with Crippen molar-refractivity contribution >= 4 is 17.5 Å². The molecule has 0 bridgehead atoms. The van der Waals surface area contributed by atoms with Crippen molar-refractivity contribution in [2.75, 3.05) is 50.8 Å². The van der Waals surface area contributed by atoms with E-state index in [2.05, 4.69) is 0 Å². The molecule has 0 aliphatic carbocycles. The van der Waals surface area contributed by atoms with Gasteiger partial charge in [-0.15, -0.1) is 0 Å². The fourth-order valence-corrected chi connectivity index (χ4v) is 3.35. The van der Waals surface area contributed by atoms with Gasteiger partial charge in [0.2, 0.25) is 11.8 Å². The summed E-state index contributed by atoms with van der Waals surface area (Å²) in [5.74, 6) is -0.742. The van der Waals surface area contributed by atoms with Gasteiger partial charge in [-0.1, -0.05) is 17.7 Å². The number of alkyl halides is 3. The number of benzene rings is 1. The van der Waals surface area contributed by atoms with Gasteiger partial charge in [0.05, 0.1) is 19.8 Å². The summed E-state index contributed by atoms with van der Waals surface area (Å²) in [4.78, 5) is 29.3. The van der Waals surface area contributed by atoms with Crippen molar-refractivity contribution in [3.8, 4) is 0 Å². The number of piperazine rings is 1. The van der Waals surface area contributed by atoms with Crippen LogP contribution in [0.3, 0.4) is 0 Å². The number of carbonyl (C=O) groups is 2. The number of anilines is 1. The summed E-state index contributed by atoms with van der Waals surface area (Å²) in [5.41, 5.74) is 1.82. The summed E-state index contributed by atoms with van der Waals surface area (Å²) in [6, 6.07) is 6.46. The van der Waals surface area contributed by atoms with Crippen LogP contribution in [0, 0.1) is 6.92 Å². The standard InChI is InChI=1S/C18H22F3N3O3/c1-13-2-4-14(5-3-13)24-7-6-22(10-16(24)25)17(26)15-11-27-9-8-23(15)12-18(19,20)21/h2-5,15H,6-12H2,1H3. The smallest absolute Gasteiger partial charge is 0.378 e. The minimum Gasteiger partial charge on any atom is -0.378 e. The number of morpholine rings is 1. The van der Waals surface area contributed by atoms with Gasteiger partial charge >= 0.3 is 6.18 Å². The summed E-state index contributed by atoms with van der Waals surface area (Å²) in [6.07, 6.45) is -4.39. The molecule has 1 aromatic carbocycles. The van der Waals surface area contributed by atoms with Crippen molar-refractivity contribution in [2.45, 2.75) is 19.1 Å². The number of halogens is 3. The van der Waals surface area contributed by atoms with E-state index in [9.17, 15) is 22.8 Å². The lowest BCUT2D eigenvalue weighted by Gasteiger charge is -2.40. The Kier molecular flexibility index (Phi) is 5.71.